The first-order valence-electron chi connectivity index (χ1n) is 9.53. The molecule has 0 saturated carbocycles. The normalized spacial score (nSPS) is 14.9. The first-order valence-corrected chi connectivity index (χ1v) is 9.53. The Hall–Kier alpha value is -3.10. The number of hydrogen-bond acceptors (Lipinski definition) is 3. The Morgan fingerprint density at radius 1 is 0.926 bits per heavy atom. The zero-order chi connectivity index (χ0) is 18.2. The minimum Gasteiger partial charge on any atom is -0.308 e. The quantitative estimate of drug-likeness (QED) is 0.557. The summed E-state index contributed by atoms with van der Waals surface area (Å²) in [5.41, 5.74) is 5.05. The zero-order valence-electron chi connectivity index (χ0n) is 15.2. The van der Waals surface area contributed by atoms with E-state index in [0.29, 0.717) is 5.56 Å². The van der Waals surface area contributed by atoms with Crippen molar-refractivity contribution in [2.75, 3.05) is 19.6 Å². The molecule has 0 unspecified atom stereocenters. The van der Waals surface area contributed by atoms with Crippen molar-refractivity contribution in [1.82, 2.24) is 18.9 Å². The lowest BCUT2D eigenvalue weighted by molar-refractivity contribution is 0.325. The van der Waals surface area contributed by atoms with Crippen LogP contribution < -0.4 is 0 Å². The topological polar surface area (TPSA) is 49.3 Å². The molecule has 0 amide bonds. The Morgan fingerprint density at radius 2 is 1.67 bits per heavy atom. The second-order valence-electron chi connectivity index (χ2n) is 7.17. The van der Waals surface area contributed by atoms with Gasteiger partial charge in [0.15, 0.2) is 0 Å². The van der Waals surface area contributed by atoms with Crippen molar-refractivity contribution in [3.63, 3.8) is 0 Å². The lowest BCUT2D eigenvalue weighted by Crippen LogP contribution is -2.24. The van der Waals surface area contributed by atoms with Crippen molar-refractivity contribution in [3.8, 4) is 17.3 Å². The molecule has 0 spiro atoms. The number of rotatable bonds is 4. The van der Waals surface area contributed by atoms with E-state index >= 15 is 0 Å². The summed E-state index contributed by atoms with van der Waals surface area (Å²) in [7, 11) is 0. The maximum atomic E-state index is 9.01. The summed E-state index contributed by atoms with van der Waals surface area (Å²) in [5, 5.41) is 9.01. The van der Waals surface area contributed by atoms with Crippen molar-refractivity contribution < 1.29 is 0 Å². The number of benzene rings is 2. The number of para-hydroxylation sites is 2. The summed E-state index contributed by atoms with van der Waals surface area (Å²) in [6, 6.07) is 18.3. The SMILES string of the molecule is N#Cc1ccc(-c2cn3c4ccccc4n(CCN4CCCC4)c3n2)cc1. The van der Waals surface area contributed by atoms with Gasteiger partial charge >= 0.3 is 0 Å². The van der Waals surface area contributed by atoms with Gasteiger partial charge in [-0.15, -0.1) is 0 Å². The van der Waals surface area contributed by atoms with Crippen molar-refractivity contribution in [2.24, 2.45) is 0 Å². The number of likely N-dealkylation sites (tertiary alicyclic amines) is 1. The molecular weight excluding hydrogens is 334 g/mol. The van der Waals surface area contributed by atoms with Crippen molar-refractivity contribution in [1.29, 1.82) is 5.26 Å². The molecule has 0 N–H and O–H groups in total. The lowest BCUT2D eigenvalue weighted by atomic mass is 10.1. The standard InChI is InChI=1S/C22H21N5/c23-15-17-7-9-18(10-8-17)19-16-27-21-6-2-1-5-20(21)26(22(27)24-19)14-13-25-11-3-4-12-25/h1-2,5-10,16H,3-4,11-14H2. The molecule has 5 rings (SSSR count). The molecule has 5 heteroatoms. The third kappa shape index (κ3) is 2.79. The van der Waals surface area contributed by atoms with Crippen LogP contribution in [0.5, 0.6) is 0 Å². The highest BCUT2D eigenvalue weighted by Gasteiger charge is 2.16. The van der Waals surface area contributed by atoms with Gasteiger partial charge in [-0.25, -0.2) is 4.98 Å². The van der Waals surface area contributed by atoms with E-state index in [1.165, 1.54) is 37.0 Å². The highest BCUT2D eigenvalue weighted by atomic mass is 15.2. The molecule has 0 atom stereocenters. The van der Waals surface area contributed by atoms with Crippen LogP contribution in [-0.2, 0) is 6.54 Å². The average Bonchev–Trinajstić information content (AvgIpc) is 3.43. The summed E-state index contributed by atoms with van der Waals surface area (Å²) in [6.45, 7) is 4.43. The third-order valence-electron chi connectivity index (χ3n) is 5.51. The minimum atomic E-state index is 0.670. The number of imidazole rings is 2. The summed E-state index contributed by atoms with van der Waals surface area (Å²) in [6.07, 6.45) is 4.73. The first-order chi connectivity index (χ1) is 13.3. The summed E-state index contributed by atoms with van der Waals surface area (Å²) < 4.78 is 4.52. The Bertz CT molecular complexity index is 1140. The molecule has 1 saturated heterocycles. The largest absolute Gasteiger partial charge is 0.308 e. The highest BCUT2D eigenvalue weighted by molar-refractivity contribution is 5.82. The number of aromatic nitrogens is 3. The van der Waals surface area contributed by atoms with E-state index in [2.05, 4.69) is 50.4 Å². The van der Waals surface area contributed by atoms with Gasteiger partial charge in [-0.05, 0) is 50.2 Å². The van der Waals surface area contributed by atoms with Gasteiger partial charge in [-0.3, -0.25) is 4.40 Å². The van der Waals surface area contributed by atoms with Gasteiger partial charge in [-0.1, -0.05) is 24.3 Å². The predicted octanol–water partition coefficient (Wildman–Crippen LogP) is 3.92. The van der Waals surface area contributed by atoms with Crippen LogP contribution in [0, 0.1) is 11.3 Å². The molecule has 0 aliphatic carbocycles. The van der Waals surface area contributed by atoms with E-state index in [4.69, 9.17) is 10.2 Å². The van der Waals surface area contributed by atoms with E-state index < -0.39 is 0 Å². The van der Waals surface area contributed by atoms with Crippen LogP contribution in [0.25, 0.3) is 28.1 Å². The van der Waals surface area contributed by atoms with E-state index in [-0.39, 0.29) is 0 Å². The molecule has 4 aromatic rings. The van der Waals surface area contributed by atoms with Crippen LogP contribution in [0.4, 0.5) is 0 Å². The molecule has 2 aromatic heterocycles. The molecule has 1 aliphatic heterocycles. The van der Waals surface area contributed by atoms with Gasteiger partial charge in [0.2, 0.25) is 5.78 Å². The van der Waals surface area contributed by atoms with Gasteiger partial charge in [0.05, 0.1) is 28.4 Å². The average molecular weight is 355 g/mol. The van der Waals surface area contributed by atoms with E-state index in [9.17, 15) is 0 Å². The smallest absolute Gasteiger partial charge is 0.215 e. The van der Waals surface area contributed by atoms with Crippen molar-refractivity contribution >= 4 is 16.8 Å². The molecule has 2 aromatic carbocycles. The number of nitrogens with zero attached hydrogens (tertiary/aromatic N) is 5. The van der Waals surface area contributed by atoms with E-state index in [1.54, 1.807) is 0 Å². The van der Waals surface area contributed by atoms with Crippen molar-refractivity contribution in [2.45, 2.75) is 19.4 Å². The van der Waals surface area contributed by atoms with Crippen LogP contribution in [0.15, 0.2) is 54.7 Å². The van der Waals surface area contributed by atoms with Gasteiger partial charge in [0.25, 0.3) is 0 Å². The minimum absolute atomic E-state index is 0.670. The number of hydrogen-bond donors (Lipinski definition) is 0. The molecule has 3 heterocycles. The summed E-state index contributed by atoms with van der Waals surface area (Å²) >= 11 is 0. The monoisotopic (exact) mass is 355 g/mol. The zero-order valence-corrected chi connectivity index (χ0v) is 15.2. The molecule has 0 radical (unpaired) electrons. The highest BCUT2D eigenvalue weighted by Crippen LogP contribution is 2.26. The molecule has 0 bridgehead atoms. The van der Waals surface area contributed by atoms with Gasteiger partial charge < -0.3 is 9.47 Å². The summed E-state index contributed by atoms with van der Waals surface area (Å²) in [5.74, 6) is 0.981. The fraction of sp³-hybridized carbons (Fsp3) is 0.273. The second-order valence-corrected chi connectivity index (χ2v) is 7.17. The number of fused-ring (bicyclic) bond motifs is 3. The van der Waals surface area contributed by atoms with Crippen LogP contribution in [-0.4, -0.2) is 38.5 Å². The van der Waals surface area contributed by atoms with Crippen LogP contribution in [0.1, 0.15) is 18.4 Å². The summed E-state index contributed by atoms with van der Waals surface area (Å²) in [4.78, 5) is 7.48. The van der Waals surface area contributed by atoms with Crippen LogP contribution in [0.3, 0.4) is 0 Å². The van der Waals surface area contributed by atoms with E-state index in [1.807, 2.05) is 24.3 Å². The van der Waals surface area contributed by atoms with E-state index in [0.717, 1.165) is 30.1 Å². The third-order valence-corrected chi connectivity index (χ3v) is 5.51. The molecule has 134 valence electrons. The molecule has 27 heavy (non-hydrogen) atoms. The molecular formula is C22H21N5. The van der Waals surface area contributed by atoms with Gasteiger partial charge in [-0.2, -0.15) is 5.26 Å². The maximum absolute atomic E-state index is 9.01. The fourth-order valence-corrected chi connectivity index (χ4v) is 4.06. The Kier molecular flexibility index (Phi) is 3.92. The Morgan fingerprint density at radius 3 is 2.41 bits per heavy atom. The van der Waals surface area contributed by atoms with Crippen molar-refractivity contribution in [3.05, 3.63) is 60.3 Å². The lowest BCUT2D eigenvalue weighted by Gasteiger charge is -2.15. The van der Waals surface area contributed by atoms with Gasteiger partial charge in [0.1, 0.15) is 0 Å². The Labute approximate surface area is 158 Å². The Balaban J connectivity index is 1.58. The van der Waals surface area contributed by atoms with Gasteiger partial charge in [0, 0.05) is 24.8 Å². The second kappa shape index (κ2) is 6.57. The van der Waals surface area contributed by atoms with Crippen LogP contribution in [0.2, 0.25) is 0 Å². The first kappa shape index (κ1) is 16.1. The number of nitriles is 1. The molecule has 1 aliphatic rings. The molecule has 1 fully saturated rings. The fourth-order valence-electron chi connectivity index (χ4n) is 4.06. The maximum Gasteiger partial charge on any atom is 0.215 e. The van der Waals surface area contributed by atoms with Crippen LogP contribution >= 0.6 is 0 Å². The molecule has 5 nitrogen and oxygen atoms in total. The predicted molar refractivity (Wildman–Crippen MR) is 107 cm³/mol.